The van der Waals surface area contributed by atoms with Crippen molar-refractivity contribution in [3.8, 4) is 0 Å². The molecule has 2 rings (SSSR count). The summed E-state index contributed by atoms with van der Waals surface area (Å²) in [5.74, 6) is -0.746. The lowest BCUT2D eigenvalue weighted by Gasteiger charge is -2.20. The van der Waals surface area contributed by atoms with Crippen LogP contribution >= 0.6 is 0 Å². The van der Waals surface area contributed by atoms with Gasteiger partial charge in [-0.15, -0.1) is 0 Å². The van der Waals surface area contributed by atoms with Gasteiger partial charge in [-0.25, -0.2) is 0 Å². The van der Waals surface area contributed by atoms with Crippen LogP contribution in [0.4, 0.5) is 0 Å². The lowest BCUT2D eigenvalue weighted by atomic mass is 9.90. The first kappa shape index (κ1) is 8.97. The van der Waals surface area contributed by atoms with Gasteiger partial charge in [-0.3, -0.25) is 4.79 Å². The minimum absolute atomic E-state index is 0.111. The second-order valence-electron chi connectivity index (χ2n) is 3.69. The van der Waals surface area contributed by atoms with Crippen molar-refractivity contribution in [3.63, 3.8) is 0 Å². The maximum atomic E-state index is 10.8. The molecule has 0 aromatic carbocycles. The topological polar surface area (TPSA) is 55.8 Å². The summed E-state index contributed by atoms with van der Waals surface area (Å²) in [6.45, 7) is 1.99. The third-order valence-electron chi connectivity index (χ3n) is 2.88. The number of hydrogen-bond acceptors (Lipinski definition) is 3. The van der Waals surface area contributed by atoms with Crippen molar-refractivity contribution < 1.29 is 19.4 Å². The SMILES string of the molecule is O=C(O)C1CCOC1C1CCOC1. The molecule has 13 heavy (non-hydrogen) atoms. The first-order valence-electron chi connectivity index (χ1n) is 4.71. The molecule has 0 bridgehead atoms. The van der Waals surface area contributed by atoms with E-state index in [2.05, 4.69) is 0 Å². The van der Waals surface area contributed by atoms with E-state index in [4.69, 9.17) is 14.6 Å². The zero-order valence-electron chi connectivity index (χ0n) is 7.44. The monoisotopic (exact) mass is 186 g/mol. The van der Waals surface area contributed by atoms with E-state index in [0.29, 0.717) is 25.6 Å². The van der Waals surface area contributed by atoms with Gasteiger partial charge in [-0.1, -0.05) is 0 Å². The average molecular weight is 186 g/mol. The van der Waals surface area contributed by atoms with Crippen LogP contribution in [0.5, 0.6) is 0 Å². The van der Waals surface area contributed by atoms with Gasteiger partial charge < -0.3 is 14.6 Å². The third-order valence-corrected chi connectivity index (χ3v) is 2.88. The number of carboxylic acid groups (broad SMARTS) is 1. The molecule has 2 saturated heterocycles. The van der Waals surface area contributed by atoms with Crippen molar-refractivity contribution in [2.45, 2.75) is 18.9 Å². The van der Waals surface area contributed by atoms with Gasteiger partial charge in [0.05, 0.1) is 18.6 Å². The predicted molar refractivity (Wildman–Crippen MR) is 44.4 cm³/mol. The van der Waals surface area contributed by atoms with Crippen LogP contribution in [-0.4, -0.2) is 37.0 Å². The molecule has 2 aliphatic rings. The summed E-state index contributed by atoms with van der Waals surface area (Å²) in [6, 6.07) is 0. The van der Waals surface area contributed by atoms with Gasteiger partial charge in [0, 0.05) is 19.1 Å². The van der Waals surface area contributed by atoms with Crippen molar-refractivity contribution in [1.29, 1.82) is 0 Å². The number of carboxylic acids is 1. The third kappa shape index (κ3) is 1.69. The van der Waals surface area contributed by atoms with Crippen LogP contribution in [0.3, 0.4) is 0 Å². The highest BCUT2D eigenvalue weighted by molar-refractivity contribution is 5.71. The molecule has 0 aliphatic carbocycles. The number of rotatable bonds is 2. The largest absolute Gasteiger partial charge is 0.481 e. The van der Waals surface area contributed by atoms with Crippen LogP contribution in [0.2, 0.25) is 0 Å². The number of hydrogen-bond donors (Lipinski definition) is 1. The van der Waals surface area contributed by atoms with E-state index >= 15 is 0 Å². The predicted octanol–water partition coefficient (Wildman–Crippen LogP) is 0.513. The molecular formula is C9H14O4. The standard InChI is InChI=1S/C9H14O4/c10-9(11)7-2-4-13-8(7)6-1-3-12-5-6/h6-8H,1-5H2,(H,10,11). The van der Waals surface area contributed by atoms with Crippen LogP contribution in [-0.2, 0) is 14.3 Å². The Balaban J connectivity index is 2.00. The van der Waals surface area contributed by atoms with Crippen LogP contribution in [0, 0.1) is 11.8 Å². The van der Waals surface area contributed by atoms with E-state index in [0.717, 1.165) is 13.0 Å². The van der Waals surface area contributed by atoms with Gasteiger partial charge in [-0.05, 0) is 12.8 Å². The van der Waals surface area contributed by atoms with Gasteiger partial charge in [0.2, 0.25) is 0 Å². The zero-order chi connectivity index (χ0) is 9.26. The van der Waals surface area contributed by atoms with Gasteiger partial charge in [0.15, 0.2) is 0 Å². The summed E-state index contributed by atoms with van der Waals surface area (Å²) >= 11 is 0. The molecule has 2 aliphatic heterocycles. The van der Waals surface area contributed by atoms with E-state index in [1.165, 1.54) is 0 Å². The average Bonchev–Trinajstić information content (AvgIpc) is 2.74. The Morgan fingerprint density at radius 1 is 1.31 bits per heavy atom. The summed E-state index contributed by atoms with van der Waals surface area (Å²) in [5.41, 5.74) is 0. The van der Waals surface area contributed by atoms with Crippen molar-refractivity contribution in [1.82, 2.24) is 0 Å². The number of aliphatic carboxylic acids is 1. The molecule has 3 unspecified atom stereocenters. The minimum atomic E-state index is -0.727. The highest BCUT2D eigenvalue weighted by atomic mass is 16.5. The molecule has 0 aromatic rings. The van der Waals surface area contributed by atoms with Gasteiger partial charge in [0.25, 0.3) is 0 Å². The second kappa shape index (κ2) is 3.64. The molecular weight excluding hydrogens is 172 g/mol. The molecule has 2 heterocycles. The molecule has 0 radical (unpaired) electrons. The fraction of sp³-hybridized carbons (Fsp3) is 0.889. The first-order chi connectivity index (χ1) is 6.29. The lowest BCUT2D eigenvalue weighted by Crippen LogP contribution is -2.31. The molecule has 2 fully saturated rings. The highest BCUT2D eigenvalue weighted by Crippen LogP contribution is 2.31. The molecule has 1 N–H and O–H groups in total. The number of carbonyl (C=O) groups is 1. The Morgan fingerprint density at radius 2 is 2.15 bits per heavy atom. The zero-order valence-corrected chi connectivity index (χ0v) is 7.44. The summed E-state index contributed by atoms with van der Waals surface area (Å²) in [5, 5.41) is 8.92. The van der Waals surface area contributed by atoms with E-state index < -0.39 is 5.97 Å². The molecule has 3 atom stereocenters. The Morgan fingerprint density at radius 3 is 2.77 bits per heavy atom. The maximum absolute atomic E-state index is 10.8. The fourth-order valence-electron chi connectivity index (χ4n) is 2.15. The van der Waals surface area contributed by atoms with E-state index in [9.17, 15) is 4.79 Å². The van der Waals surface area contributed by atoms with E-state index in [1.807, 2.05) is 0 Å². The van der Waals surface area contributed by atoms with Crippen molar-refractivity contribution in [2.75, 3.05) is 19.8 Å². The van der Waals surface area contributed by atoms with Gasteiger partial charge >= 0.3 is 5.97 Å². The Hall–Kier alpha value is -0.610. The van der Waals surface area contributed by atoms with Crippen LogP contribution in [0.1, 0.15) is 12.8 Å². The molecule has 74 valence electrons. The highest BCUT2D eigenvalue weighted by Gasteiger charge is 2.40. The van der Waals surface area contributed by atoms with E-state index in [-0.39, 0.29) is 12.0 Å². The normalized spacial score (nSPS) is 39.5. The lowest BCUT2D eigenvalue weighted by molar-refractivity contribution is -0.144. The van der Waals surface area contributed by atoms with Crippen molar-refractivity contribution in [3.05, 3.63) is 0 Å². The molecule has 4 heteroatoms. The molecule has 0 amide bonds. The summed E-state index contributed by atoms with van der Waals surface area (Å²) in [4.78, 5) is 10.8. The summed E-state index contributed by atoms with van der Waals surface area (Å²) in [7, 11) is 0. The van der Waals surface area contributed by atoms with Crippen LogP contribution in [0.15, 0.2) is 0 Å². The summed E-state index contributed by atoms with van der Waals surface area (Å²) < 4.78 is 10.7. The molecule has 0 saturated carbocycles. The van der Waals surface area contributed by atoms with Gasteiger partial charge in [-0.2, -0.15) is 0 Å². The second-order valence-corrected chi connectivity index (χ2v) is 3.69. The first-order valence-corrected chi connectivity index (χ1v) is 4.71. The minimum Gasteiger partial charge on any atom is -0.481 e. The van der Waals surface area contributed by atoms with Crippen LogP contribution < -0.4 is 0 Å². The van der Waals surface area contributed by atoms with Crippen molar-refractivity contribution >= 4 is 5.97 Å². The van der Waals surface area contributed by atoms with Crippen molar-refractivity contribution in [2.24, 2.45) is 11.8 Å². The Bertz CT molecular complexity index is 198. The Kier molecular flexibility index (Phi) is 2.51. The van der Waals surface area contributed by atoms with E-state index in [1.54, 1.807) is 0 Å². The Labute approximate surface area is 76.8 Å². The smallest absolute Gasteiger partial charge is 0.309 e. The maximum Gasteiger partial charge on any atom is 0.309 e. The molecule has 4 nitrogen and oxygen atoms in total. The molecule has 0 spiro atoms. The quantitative estimate of drug-likeness (QED) is 0.682. The number of ether oxygens (including phenoxy) is 2. The fourth-order valence-corrected chi connectivity index (χ4v) is 2.15. The van der Waals surface area contributed by atoms with Crippen LogP contribution in [0.25, 0.3) is 0 Å². The molecule has 0 aromatic heterocycles. The van der Waals surface area contributed by atoms with Gasteiger partial charge in [0.1, 0.15) is 0 Å². The summed E-state index contributed by atoms with van der Waals surface area (Å²) in [6.07, 6.45) is 1.48.